The number of carbonyl (C=O) groups excluding carboxylic acids is 1. The minimum Gasteiger partial charge on any atom is -0.480 e. The van der Waals surface area contributed by atoms with Gasteiger partial charge < -0.3 is 15.7 Å². The maximum atomic E-state index is 13.4. The summed E-state index contributed by atoms with van der Waals surface area (Å²) in [6.45, 7) is 5.11. The molecule has 0 aliphatic heterocycles. The second-order valence-corrected chi connectivity index (χ2v) is 4.64. The summed E-state index contributed by atoms with van der Waals surface area (Å²) < 4.78 is 13.4. The number of benzene rings is 1. The Labute approximate surface area is 110 Å². The first-order valence-corrected chi connectivity index (χ1v) is 5.87. The van der Waals surface area contributed by atoms with Crippen LogP contribution in [0.5, 0.6) is 0 Å². The zero-order chi connectivity index (χ0) is 14.6. The van der Waals surface area contributed by atoms with Gasteiger partial charge in [0.2, 0.25) is 0 Å². The molecule has 1 unspecified atom stereocenters. The number of carbonyl (C=O) groups is 2. The average molecular weight is 268 g/mol. The van der Waals surface area contributed by atoms with Gasteiger partial charge in [-0.2, -0.15) is 0 Å². The van der Waals surface area contributed by atoms with Gasteiger partial charge in [0.1, 0.15) is 11.9 Å². The summed E-state index contributed by atoms with van der Waals surface area (Å²) in [4.78, 5) is 22.6. The summed E-state index contributed by atoms with van der Waals surface area (Å²) in [5, 5.41) is 13.5. The lowest BCUT2D eigenvalue weighted by atomic mass is 10.1. The third-order valence-electron chi connectivity index (χ3n) is 2.59. The van der Waals surface area contributed by atoms with Crippen LogP contribution in [0.25, 0.3) is 0 Å². The highest BCUT2D eigenvalue weighted by atomic mass is 19.1. The Morgan fingerprint density at radius 3 is 2.47 bits per heavy atom. The van der Waals surface area contributed by atoms with Gasteiger partial charge in [0.25, 0.3) is 0 Å². The van der Waals surface area contributed by atoms with Crippen LogP contribution >= 0.6 is 0 Å². The standard InChI is InChI=1S/C13H17FN2O3/c1-7(2)11(12(17)18)16-13(19)15-10-6-8(3)4-5-9(10)14/h4-7,11H,1-3H3,(H,17,18)(H2,15,16,19). The average Bonchev–Trinajstić information content (AvgIpc) is 2.30. The Morgan fingerprint density at radius 1 is 1.32 bits per heavy atom. The van der Waals surface area contributed by atoms with E-state index in [9.17, 15) is 14.0 Å². The normalized spacial score (nSPS) is 12.1. The summed E-state index contributed by atoms with van der Waals surface area (Å²) in [5.41, 5.74) is 0.806. The second kappa shape index (κ2) is 6.17. The van der Waals surface area contributed by atoms with Gasteiger partial charge in [-0.05, 0) is 30.5 Å². The second-order valence-electron chi connectivity index (χ2n) is 4.64. The molecule has 0 saturated heterocycles. The number of carboxylic acid groups (broad SMARTS) is 1. The predicted molar refractivity (Wildman–Crippen MR) is 69.6 cm³/mol. The van der Waals surface area contributed by atoms with Gasteiger partial charge in [-0.15, -0.1) is 0 Å². The lowest BCUT2D eigenvalue weighted by Gasteiger charge is -2.18. The van der Waals surface area contributed by atoms with Crippen LogP contribution in [0.15, 0.2) is 18.2 Å². The first-order valence-electron chi connectivity index (χ1n) is 5.87. The van der Waals surface area contributed by atoms with E-state index >= 15 is 0 Å². The first-order chi connectivity index (χ1) is 8.81. The van der Waals surface area contributed by atoms with Gasteiger partial charge in [0, 0.05) is 0 Å². The Hall–Kier alpha value is -2.11. The number of aliphatic carboxylic acids is 1. The lowest BCUT2D eigenvalue weighted by Crippen LogP contribution is -2.46. The molecule has 2 amide bonds. The van der Waals surface area contributed by atoms with Crippen molar-refractivity contribution in [3.8, 4) is 0 Å². The van der Waals surface area contributed by atoms with Crippen LogP contribution in [-0.4, -0.2) is 23.1 Å². The number of urea groups is 1. The lowest BCUT2D eigenvalue weighted by molar-refractivity contribution is -0.140. The van der Waals surface area contributed by atoms with Crippen molar-refractivity contribution in [2.75, 3.05) is 5.32 Å². The van der Waals surface area contributed by atoms with E-state index < -0.39 is 23.9 Å². The van der Waals surface area contributed by atoms with Gasteiger partial charge in [0.05, 0.1) is 5.69 Å². The van der Waals surface area contributed by atoms with Crippen molar-refractivity contribution in [2.24, 2.45) is 5.92 Å². The molecule has 5 nitrogen and oxygen atoms in total. The van der Waals surface area contributed by atoms with Crippen LogP contribution < -0.4 is 10.6 Å². The van der Waals surface area contributed by atoms with Crippen LogP contribution in [0, 0.1) is 18.7 Å². The molecule has 1 atom stereocenters. The minimum absolute atomic E-state index is 0.0189. The third-order valence-corrected chi connectivity index (χ3v) is 2.59. The smallest absolute Gasteiger partial charge is 0.326 e. The topological polar surface area (TPSA) is 78.4 Å². The largest absolute Gasteiger partial charge is 0.480 e. The SMILES string of the molecule is Cc1ccc(F)c(NC(=O)NC(C(=O)O)C(C)C)c1. The maximum absolute atomic E-state index is 13.4. The first kappa shape index (κ1) is 14.9. The summed E-state index contributed by atoms with van der Waals surface area (Å²) >= 11 is 0. The van der Waals surface area contributed by atoms with E-state index in [0.717, 1.165) is 5.56 Å². The highest BCUT2D eigenvalue weighted by Gasteiger charge is 2.23. The molecule has 0 spiro atoms. The van der Waals surface area contributed by atoms with Crippen molar-refractivity contribution in [2.45, 2.75) is 26.8 Å². The molecule has 0 saturated carbocycles. The van der Waals surface area contributed by atoms with E-state index in [0.29, 0.717) is 0 Å². The number of nitrogens with one attached hydrogen (secondary N) is 2. The number of carboxylic acids is 1. The molecular formula is C13H17FN2O3. The molecule has 1 aromatic carbocycles. The maximum Gasteiger partial charge on any atom is 0.326 e. The zero-order valence-corrected chi connectivity index (χ0v) is 11.0. The number of anilines is 1. The van der Waals surface area contributed by atoms with Crippen LogP contribution in [0.4, 0.5) is 14.9 Å². The molecule has 1 aromatic rings. The Balaban J connectivity index is 2.74. The molecule has 0 aliphatic rings. The molecule has 0 bridgehead atoms. The fourth-order valence-electron chi connectivity index (χ4n) is 1.55. The van der Waals surface area contributed by atoms with Crippen molar-refractivity contribution in [1.29, 1.82) is 0 Å². The molecule has 0 heterocycles. The number of hydrogen-bond donors (Lipinski definition) is 3. The molecule has 0 radical (unpaired) electrons. The zero-order valence-electron chi connectivity index (χ0n) is 11.0. The Kier molecular flexibility index (Phi) is 4.86. The van der Waals surface area contributed by atoms with E-state index in [1.54, 1.807) is 26.8 Å². The van der Waals surface area contributed by atoms with E-state index in [-0.39, 0.29) is 11.6 Å². The van der Waals surface area contributed by atoms with Crippen LogP contribution in [0.1, 0.15) is 19.4 Å². The fraction of sp³-hybridized carbons (Fsp3) is 0.385. The van der Waals surface area contributed by atoms with Gasteiger partial charge in [0.15, 0.2) is 0 Å². The van der Waals surface area contributed by atoms with Crippen LogP contribution in [-0.2, 0) is 4.79 Å². The Bertz CT molecular complexity index is 489. The van der Waals surface area contributed by atoms with Crippen LogP contribution in [0.2, 0.25) is 0 Å². The number of amides is 2. The van der Waals surface area contributed by atoms with Crippen molar-refractivity contribution >= 4 is 17.7 Å². The molecule has 1 rings (SSSR count). The van der Waals surface area contributed by atoms with Gasteiger partial charge in [-0.1, -0.05) is 19.9 Å². The fourth-order valence-corrected chi connectivity index (χ4v) is 1.55. The van der Waals surface area contributed by atoms with Gasteiger partial charge in [-0.25, -0.2) is 14.0 Å². The quantitative estimate of drug-likeness (QED) is 0.784. The Morgan fingerprint density at radius 2 is 1.95 bits per heavy atom. The highest BCUT2D eigenvalue weighted by Crippen LogP contribution is 2.15. The molecule has 104 valence electrons. The molecule has 0 aromatic heterocycles. The number of hydrogen-bond acceptors (Lipinski definition) is 2. The van der Waals surface area contributed by atoms with Gasteiger partial charge in [-0.3, -0.25) is 0 Å². The molecule has 0 fully saturated rings. The number of rotatable bonds is 4. The molecule has 3 N–H and O–H groups in total. The molecule has 19 heavy (non-hydrogen) atoms. The van der Waals surface area contributed by atoms with E-state index in [2.05, 4.69) is 10.6 Å². The third kappa shape index (κ3) is 4.24. The summed E-state index contributed by atoms with van der Waals surface area (Å²) in [7, 11) is 0. The minimum atomic E-state index is -1.13. The molecule has 0 aliphatic carbocycles. The highest BCUT2D eigenvalue weighted by molar-refractivity contribution is 5.92. The monoisotopic (exact) mass is 268 g/mol. The van der Waals surface area contributed by atoms with Crippen molar-refractivity contribution in [1.82, 2.24) is 5.32 Å². The summed E-state index contributed by atoms with van der Waals surface area (Å²) in [6, 6.07) is 2.52. The molecule has 6 heteroatoms. The van der Waals surface area contributed by atoms with E-state index in [1.807, 2.05) is 0 Å². The molecular weight excluding hydrogens is 251 g/mol. The van der Waals surface area contributed by atoms with E-state index in [1.165, 1.54) is 12.1 Å². The summed E-state index contributed by atoms with van der Waals surface area (Å²) in [5.74, 6) is -1.97. The summed E-state index contributed by atoms with van der Waals surface area (Å²) in [6.07, 6.45) is 0. The number of halogens is 1. The van der Waals surface area contributed by atoms with Gasteiger partial charge >= 0.3 is 12.0 Å². The van der Waals surface area contributed by atoms with Crippen LogP contribution in [0.3, 0.4) is 0 Å². The van der Waals surface area contributed by atoms with Crippen molar-refractivity contribution in [3.05, 3.63) is 29.6 Å². The predicted octanol–water partition coefficient (Wildman–Crippen LogP) is 2.36. The van der Waals surface area contributed by atoms with Crippen molar-refractivity contribution in [3.63, 3.8) is 0 Å². The van der Waals surface area contributed by atoms with E-state index in [4.69, 9.17) is 5.11 Å². The van der Waals surface area contributed by atoms with Crippen molar-refractivity contribution < 1.29 is 19.1 Å². The number of aryl methyl sites for hydroxylation is 1.